The van der Waals surface area contributed by atoms with Gasteiger partial charge >= 0.3 is 0 Å². The van der Waals surface area contributed by atoms with E-state index in [9.17, 15) is 4.39 Å². The number of nitrogens with zero attached hydrogens (tertiary/aromatic N) is 5. The summed E-state index contributed by atoms with van der Waals surface area (Å²) in [6.07, 6.45) is 8.88. The van der Waals surface area contributed by atoms with Crippen LogP contribution < -0.4 is 15.4 Å². The SMILES string of the molecule is COc1cc(CNc2ncc(CC3CNc4ncncc43)cn2)c(F)cn1. The van der Waals surface area contributed by atoms with Crippen molar-refractivity contribution in [2.24, 2.45) is 0 Å². The maximum Gasteiger partial charge on any atom is 0.222 e. The van der Waals surface area contributed by atoms with Crippen LogP contribution in [0.25, 0.3) is 0 Å². The van der Waals surface area contributed by atoms with Gasteiger partial charge in [-0.2, -0.15) is 0 Å². The van der Waals surface area contributed by atoms with E-state index in [1.807, 2.05) is 6.20 Å². The van der Waals surface area contributed by atoms with Gasteiger partial charge < -0.3 is 15.4 Å². The van der Waals surface area contributed by atoms with Gasteiger partial charge in [0.25, 0.3) is 0 Å². The molecule has 0 aliphatic carbocycles. The Morgan fingerprint density at radius 2 is 2.04 bits per heavy atom. The van der Waals surface area contributed by atoms with Crippen LogP contribution in [0.15, 0.2) is 37.2 Å². The second-order valence-electron chi connectivity index (χ2n) is 6.20. The molecule has 1 unspecified atom stereocenters. The highest BCUT2D eigenvalue weighted by Gasteiger charge is 2.23. The maximum absolute atomic E-state index is 13.8. The topological polar surface area (TPSA) is 97.7 Å². The fraction of sp³-hybridized carbons (Fsp3) is 0.278. The molecule has 0 spiro atoms. The fourth-order valence-corrected chi connectivity index (χ4v) is 3.01. The third kappa shape index (κ3) is 3.76. The lowest BCUT2D eigenvalue weighted by atomic mass is 9.97. The van der Waals surface area contributed by atoms with Crippen molar-refractivity contribution in [2.75, 3.05) is 24.3 Å². The number of methoxy groups -OCH3 is 1. The molecule has 4 heterocycles. The minimum atomic E-state index is -0.408. The van der Waals surface area contributed by atoms with Crippen molar-refractivity contribution in [3.63, 3.8) is 0 Å². The Hall–Kier alpha value is -3.36. The summed E-state index contributed by atoms with van der Waals surface area (Å²) in [7, 11) is 1.49. The van der Waals surface area contributed by atoms with Crippen molar-refractivity contribution in [2.45, 2.75) is 18.9 Å². The van der Waals surface area contributed by atoms with E-state index in [1.165, 1.54) is 7.11 Å². The molecule has 2 N–H and O–H groups in total. The zero-order valence-electron chi connectivity index (χ0n) is 14.7. The van der Waals surface area contributed by atoms with Crippen LogP contribution in [0.3, 0.4) is 0 Å². The highest BCUT2D eigenvalue weighted by Crippen LogP contribution is 2.30. The van der Waals surface area contributed by atoms with E-state index in [4.69, 9.17) is 4.74 Å². The van der Waals surface area contributed by atoms with Crippen molar-refractivity contribution in [3.05, 3.63) is 59.7 Å². The average molecular weight is 367 g/mol. The minimum Gasteiger partial charge on any atom is -0.481 e. The Balaban J connectivity index is 1.38. The number of rotatable bonds is 6. The molecule has 27 heavy (non-hydrogen) atoms. The van der Waals surface area contributed by atoms with E-state index < -0.39 is 5.82 Å². The zero-order chi connectivity index (χ0) is 18.6. The van der Waals surface area contributed by atoms with Crippen LogP contribution in [0.5, 0.6) is 5.88 Å². The summed E-state index contributed by atoms with van der Waals surface area (Å²) in [5.74, 6) is 1.57. The van der Waals surface area contributed by atoms with Gasteiger partial charge in [0.1, 0.15) is 18.0 Å². The summed E-state index contributed by atoms with van der Waals surface area (Å²) in [5.41, 5.74) is 2.56. The normalized spacial score (nSPS) is 15.1. The van der Waals surface area contributed by atoms with Crippen LogP contribution in [-0.2, 0) is 13.0 Å². The average Bonchev–Trinajstić information content (AvgIpc) is 3.11. The summed E-state index contributed by atoms with van der Waals surface area (Å²) in [5, 5.41) is 6.29. The van der Waals surface area contributed by atoms with Gasteiger partial charge in [-0.25, -0.2) is 29.3 Å². The highest BCUT2D eigenvalue weighted by molar-refractivity contribution is 5.50. The van der Waals surface area contributed by atoms with Gasteiger partial charge in [-0.15, -0.1) is 0 Å². The molecule has 3 aromatic heterocycles. The monoisotopic (exact) mass is 367 g/mol. The Bertz CT molecular complexity index is 935. The first-order valence-electron chi connectivity index (χ1n) is 8.50. The molecule has 1 aliphatic heterocycles. The second-order valence-corrected chi connectivity index (χ2v) is 6.20. The van der Waals surface area contributed by atoms with Gasteiger partial charge in [0.15, 0.2) is 0 Å². The number of ether oxygens (including phenoxy) is 1. The maximum atomic E-state index is 13.8. The van der Waals surface area contributed by atoms with Crippen LogP contribution in [-0.4, -0.2) is 38.6 Å². The second kappa shape index (κ2) is 7.48. The Morgan fingerprint density at radius 1 is 1.19 bits per heavy atom. The summed E-state index contributed by atoms with van der Waals surface area (Å²) in [4.78, 5) is 20.8. The van der Waals surface area contributed by atoms with Gasteiger partial charge in [0.05, 0.1) is 13.3 Å². The zero-order valence-corrected chi connectivity index (χ0v) is 14.7. The van der Waals surface area contributed by atoms with Crippen LogP contribution >= 0.6 is 0 Å². The smallest absolute Gasteiger partial charge is 0.222 e. The first-order valence-corrected chi connectivity index (χ1v) is 8.50. The number of hydrogen-bond donors (Lipinski definition) is 2. The van der Waals surface area contributed by atoms with E-state index in [-0.39, 0.29) is 6.54 Å². The van der Waals surface area contributed by atoms with Crippen molar-refractivity contribution in [1.82, 2.24) is 24.9 Å². The number of halogens is 1. The number of nitrogens with one attached hydrogen (secondary N) is 2. The van der Waals surface area contributed by atoms with E-state index in [0.717, 1.165) is 36.1 Å². The minimum absolute atomic E-state index is 0.237. The van der Waals surface area contributed by atoms with Crippen LogP contribution in [0.1, 0.15) is 22.6 Å². The van der Waals surface area contributed by atoms with E-state index in [0.29, 0.717) is 23.3 Å². The summed E-state index contributed by atoms with van der Waals surface area (Å²) >= 11 is 0. The molecular weight excluding hydrogens is 349 g/mol. The predicted molar refractivity (Wildman–Crippen MR) is 97.1 cm³/mol. The number of anilines is 2. The third-order valence-electron chi connectivity index (χ3n) is 4.44. The molecule has 138 valence electrons. The molecule has 0 saturated heterocycles. The molecule has 4 rings (SSSR count). The van der Waals surface area contributed by atoms with Crippen molar-refractivity contribution >= 4 is 11.8 Å². The van der Waals surface area contributed by atoms with Gasteiger partial charge in [0.2, 0.25) is 11.8 Å². The fourth-order valence-electron chi connectivity index (χ4n) is 3.01. The Morgan fingerprint density at radius 3 is 2.85 bits per heavy atom. The molecule has 0 fully saturated rings. The van der Waals surface area contributed by atoms with E-state index in [1.54, 1.807) is 24.8 Å². The summed E-state index contributed by atoms with van der Waals surface area (Å²) in [6, 6.07) is 1.54. The van der Waals surface area contributed by atoms with E-state index in [2.05, 4.69) is 35.6 Å². The van der Waals surface area contributed by atoms with Crippen molar-refractivity contribution in [1.29, 1.82) is 0 Å². The molecule has 9 heteroatoms. The lowest BCUT2D eigenvalue weighted by Gasteiger charge is -2.10. The third-order valence-corrected chi connectivity index (χ3v) is 4.44. The number of hydrogen-bond acceptors (Lipinski definition) is 8. The van der Waals surface area contributed by atoms with Gasteiger partial charge in [0, 0.05) is 54.8 Å². The lowest BCUT2D eigenvalue weighted by molar-refractivity contribution is 0.395. The summed E-state index contributed by atoms with van der Waals surface area (Å²) < 4.78 is 18.8. The molecule has 0 aromatic carbocycles. The van der Waals surface area contributed by atoms with Crippen LogP contribution in [0, 0.1) is 5.82 Å². The molecule has 1 atom stereocenters. The van der Waals surface area contributed by atoms with E-state index >= 15 is 0 Å². The highest BCUT2D eigenvalue weighted by atomic mass is 19.1. The van der Waals surface area contributed by atoms with Gasteiger partial charge in [-0.3, -0.25) is 0 Å². The Kier molecular flexibility index (Phi) is 4.73. The molecule has 0 amide bonds. The van der Waals surface area contributed by atoms with Crippen LogP contribution in [0.2, 0.25) is 0 Å². The molecule has 0 saturated carbocycles. The van der Waals surface area contributed by atoms with Crippen LogP contribution in [0.4, 0.5) is 16.2 Å². The number of aromatic nitrogens is 5. The number of pyridine rings is 1. The molecule has 3 aromatic rings. The molecule has 1 aliphatic rings. The molecular formula is C18H18FN7O. The quantitative estimate of drug-likeness (QED) is 0.684. The first-order chi connectivity index (χ1) is 13.2. The summed E-state index contributed by atoms with van der Waals surface area (Å²) in [6.45, 7) is 1.05. The standard InChI is InChI=1S/C18H18FN7O/c1-27-16-3-13(15(19)9-21-16)7-25-18-23-4-11(5-24-18)2-12-6-22-17-14(12)8-20-10-26-17/h3-5,8-10,12H,2,6-7H2,1H3,(H,20,22,26)(H,23,24,25). The molecule has 0 bridgehead atoms. The van der Waals surface area contributed by atoms with Crippen molar-refractivity contribution < 1.29 is 9.13 Å². The Labute approximate surface area is 155 Å². The predicted octanol–water partition coefficient (Wildman–Crippen LogP) is 2.17. The van der Waals surface area contributed by atoms with Gasteiger partial charge in [-0.05, 0) is 12.0 Å². The number of fused-ring (bicyclic) bond motifs is 1. The largest absolute Gasteiger partial charge is 0.481 e. The molecule has 8 nitrogen and oxygen atoms in total. The van der Waals surface area contributed by atoms with Crippen molar-refractivity contribution in [3.8, 4) is 5.88 Å². The lowest BCUT2D eigenvalue weighted by Crippen LogP contribution is -2.08. The molecule has 0 radical (unpaired) electrons. The first kappa shape index (κ1) is 17.1. The van der Waals surface area contributed by atoms with Gasteiger partial charge in [-0.1, -0.05) is 0 Å².